The monoisotopic (exact) mass is 507 g/mol. The van der Waals surface area contributed by atoms with Gasteiger partial charge in [-0.3, -0.25) is 4.79 Å². The summed E-state index contributed by atoms with van der Waals surface area (Å²) >= 11 is 0. The summed E-state index contributed by atoms with van der Waals surface area (Å²) in [7, 11) is -2.70. The highest BCUT2D eigenvalue weighted by Gasteiger charge is 2.34. The molecule has 4 aromatic carbocycles. The molecule has 37 heavy (non-hydrogen) atoms. The maximum absolute atomic E-state index is 14.3. The molecule has 1 N–H and O–H groups in total. The molecule has 4 heteroatoms. The van der Waals surface area contributed by atoms with Gasteiger partial charge in [-0.1, -0.05) is 110 Å². The number of hydrogen-bond donors (Lipinski definition) is 1. The number of fused-ring (bicyclic) bond motifs is 3. The van der Waals surface area contributed by atoms with Crippen molar-refractivity contribution < 1.29 is 9.36 Å². The van der Waals surface area contributed by atoms with Crippen LogP contribution in [0.2, 0.25) is 0 Å². The first-order valence-electron chi connectivity index (χ1n) is 13.3. The van der Waals surface area contributed by atoms with Crippen LogP contribution in [0.15, 0.2) is 103 Å². The second-order valence-electron chi connectivity index (χ2n) is 9.78. The van der Waals surface area contributed by atoms with Crippen molar-refractivity contribution in [3.63, 3.8) is 0 Å². The third kappa shape index (κ3) is 5.06. The van der Waals surface area contributed by atoms with E-state index < -0.39 is 7.14 Å². The van der Waals surface area contributed by atoms with Gasteiger partial charge >= 0.3 is 0 Å². The fraction of sp³-hybridized carbons (Fsp3) is 0.242. The zero-order valence-corrected chi connectivity index (χ0v) is 22.3. The first-order valence-corrected chi connectivity index (χ1v) is 15.2. The average Bonchev–Trinajstić information content (AvgIpc) is 3.30. The van der Waals surface area contributed by atoms with Crippen LogP contribution in [0.4, 0.5) is 0 Å². The van der Waals surface area contributed by atoms with Crippen molar-refractivity contribution in [2.75, 3.05) is 12.7 Å². The Morgan fingerprint density at radius 1 is 0.757 bits per heavy atom. The summed E-state index contributed by atoms with van der Waals surface area (Å²) in [5, 5.41) is 4.96. The molecule has 0 saturated heterocycles. The molecule has 0 heterocycles. The van der Waals surface area contributed by atoms with Crippen molar-refractivity contribution in [3.8, 4) is 11.1 Å². The van der Waals surface area contributed by atoms with Crippen LogP contribution >= 0.6 is 7.14 Å². The highest BCUT2D eigenvalue weighted by molar-refractivity contribution is 7.78. The normalized spacial score (nSPS) is 14.1. The van der Waals surface area contributed by atoms with Crippen LogP contribution < -0.4 is 15.9 Å². The molecular weight excluding hydrogens is 473 g/mol. The van der Waals surface area contributed by atoms with E-state index in [2.05, 4.69) is 48.6 Å². The molecule has 0 bridgehead atoms. The molecule has 0 radical (unpaired) electrons. The van der Waals surface area contributed by atoms with Gasteiger partial charge < -0.3 is 9.88 Å². The predicted octanol–water partition coefficient (Wildman–Crippen LogP) is 6.66. The van der Waals surface area contributed by atoms with Gasteiger partial charge in [0.2, 0.25) is 5.91 Å². The number of amides is 1. The number of nitrogens with one attached hydrogen (secondary N) is 1. The second kappa shape index (κ2) is 11.3. The lowest BCUT2D eigenvalue weighted by molar-refractivity contribution is -0.121. The molecule has 5 rings (SSSR count). The molecule has 0 saturated carbocycles. The third-order valence-electron chi connectivity index (χ3n) is 7.36. The van der Waals surface area contributed by atoms with Crippen LogP contribution in [0, 0.1) is 0 Å². The highest BCUT2D eigenvalue weighted by Crippen LogP contribution is 2.47. The summed E-state index contributed by atoms with van der Waals surface area (Å²) in [5.74, 6) is -0.175. The number of carbonyl (C=O) groups is 1. The zero-order chi connectivity index (χ0) is 25.7. The van der Waals surface area contributed by atoms with Gasteiger partial charge in [-0.2, -0.15) is 0 Å². The lowest BCUT2D eigenvalue weighted by atomic mass is 9.93. The van der Waals surface area contributed by atoms with Crippen LogP contribution in [-0.2, 0) is 15.8 Å². The molecule has 3 nitrogen and oxygen atoms in total. The average molecular weight is 508 g/mol. The summed E-state index contributed by atoms with van der Waals surface area (Å²) in [5.41, 5.74) is 5.85. The van der Waals surface area contributed by atoms with E-state index in [1.54, 1.807) is 0 Å². The van der Waals surface area contributed by atoms with E-state index >= 15 is 0 Å². The molecule has 0 aliphatic heterocycles. The van der Waals surface area contributed by atoms with Crippen molar-refractivity contribution in [2.45, 2.75) is 38.5 Å². The van der Waals surface area contributed by atoms with E-state index in [1.165, 1.54) is 16.7 Å². The summed E-state index contributed by atoms with van der Waals surface area (Å²) in [6, 6.07) is 34.5. The molecule has 1 unspecified atom stereocenters. The van der Waals surface area contributed by atoms with E-state index in [1.807, 2.05) is 66.7 Å². The molecule has 1 amide bonds. The number of aryl methyl sites for hydroxylation is 1. The van der Waals surface area contributed by atoms with Crippen molar-refractivity contribution >= 4 is 23.7 Å². The molecular formula is C33H34NO2P. The molecule has 0 spiro atoms. The Morgan fingerprint density at radius 3 is 2.05 bits per heavy atom. The number of rotatable bonds is 10. The predicted molar refractivity (Wildman–Crippen MR) is 155 cm³/mol. The van der Waals surface area contributed by atoms with E-state index in [9.17, 15) is 9.36 Å². The van der Waals surface area contributed by atoms with Crippen LogP contribution in [0.25, 0.3) is 11.1 Å². The van der Waals surface area contributed by atoms with Crippen molar-refractivity contribution in [1.29, 1.82) is 0 Å². The summed E-state index contributed by atoms with van der Waals surface area (Å²) in [6.45, 7) is 2.76. The van der Waals surface area contributed by atoms with Crippen LogP contribution in [0.5, 0.6) is 0 Å². The summed E-state index contributed by atoms with van der Waals surface area (Å²) < 4.78 is 14.3. The lowest BCUT2D eigenvalue weighted by Crippen LogP contribution is -2.29. The quantitative estimate of drug-likeness (QED) is 0.193. The van der Waals surface area contributed by atoms with Crippen molar-refractivity contribution in [3.05, 3.63) is 120 Å². The van der Waals surface area contributed by atoms with E-state index in [4.69, 9.17) is 0 Å². The largest absolute Gasteiger partial charge is 0.355 e. The summed E-state index contributed by atoms with van der Waals surface area (Å²) in [4.78, 5) is 13.1. The molecule has 4 aromatic rings. The highest BCUT2D eigenvalue weighted by atomic mass is 31.2. The zero-order valence-electron chi connectivity index (χ0n) is 21.4. The molecule has 0 fully saturated rings. The first-order chi connectivity index (χ1) is 18.1. The molecule has 0 aromatic heterocycles. The minimum Gasteiger partial charge on any atom is -0.355 e. The fourth-order valence-corrected chi connectivity index (χ4v) is 8.36. The van der Waals surface area contributed by atoms with Gasteiger partial charge in [0, 0.05) is 23.3 Å². The van der Waals surface area contributed by atoms with Gasteiger partial charge in [-0.05, 0) is 53.5 Å². The van der Waals surface area contributed by atoms with Crippen molar-refractivity contribution in [1.82, 2.24) is 5.32 Å². The van der Waals surface area contributed by atoms with Gasteiger partial charge in [0.15, 0.2) is 0 Å². The van der Waals surface area contributed by atoms with E-state index in [0.29, 0.717) is 12.7 Å². The molecule has 1 aliphatic rings. The van der Waals surface area contributed by atoms with Gasteiger partial charge in [0.05, 0.1) is 5.92 Å². The lowest BCUT2D eigenvalue weighted by Gasteiger charge is -2.19. The van der Waals surface area contributed by atoms with Crippen LogP contribution in [0.3, 0.4) is 0 Å². The van der Waals surface area contributed by atoms with Gasteiger partial charge in [-0.15, -0.1) is 0 Å². The number of hydrogen-bond acceptors (Lipinski definition) is 2. The van der Waals surface area contributed by atoms with E-state index in [-0.39, 0.29) is 11.8 Å². The Kier molecular flexibility index (Phi) is 7.72. The first kappa shape index (κ1) is 25.2. The Morgan fingerprint density at radius 2 is 1.38 bits per heavy atom. The van der Waals surface area contributed by atoms with Gasteiger partial charge in [0.25, 0.3) is 0 Å². The second-order valence-corrected chi connectivity index (χ2v) is 12.7. The molecule has 1 atom stereocenters. The summed E-state index contributed by atoms with van der Waals surface area (Å²) in [6.07, 6.45) is 4.27. The minimum atomic E-state index is -2.70. The topological polar surface area (TPSA) is 46.2 Å². The minimum absolute atomic E-state index is 0.0804. The Hall–Kier alpha value is -3.42. The third-order valence-corrected chi connectivity index (χ3v) is 10.6. The Bertz CT molecular complexity index is 1370. The number of carbonyl (C=O) groups excluding carboxylic acids is 1. The number of unbranched alkanes of at least 4 members (excludes halogenated alkanes) is 1. The molecule has 188 valence electrons. The van der Waals surface area contributed by atoms with Gasteiger partial charge in [0.1, 0.15) is 7.14 Å². The SMILES string of the molecule is CCCNC(=O)C1c2ccccc2-c2c(CCCCP(=O)(c3ccccc3)c3ccccc3)cccc21. The van der Waals surface area contributed by atoms with Crippen LogP contribution in [0.1, 0.15) is 48.8 Å². The smallest absolute Gasteiger partial charge is 0.232 e. The maximum Gasteiger partial charge on any atom is 0.232 e. The Balaban J connectivity index is 1.37. The molecule has 1 aliphatic carbocycles. The van der Waals surface area contributed by atoms with Gasteiger partial charge in [-0.25, -0.2) is 0 Å². The maximum atomic E-state index is 14.3. The fourth-order valence-electron chi connectivity index (χ4n) is 5.57. The van der Waals surface area contributed by atoms with Crippen LogP contribution in [-0.4, -0.2) is 18.6 Å². The van der Waals surface area contributed by atoms with Crippen molar-refractivity contribution in [2.24, 2.45) is 0 Å². The van der Waals surface area contributed by atoms with E-state index in [0.717, 1.165) is 47.4 Å². The number of benzene rings is 4. The Labute approximate surface area is 220 Å². The standard InChI is InChI=1S/C33H34NO2P/c1-2-23-34-33(35)32-29-21-10-9-20-28(29)31-25(15-13-22-30(31)32)14-11-12-24-37(36,26-16-5-3-6-17-26)27-18-7-4-8-19-27/h3-10,13,15-22,32H,2,11-12,14,23-24H2,1H3,(H,34,35).